The summed E-state index contributed by atoms with van der Waals surface area (Å²) in [4.78, 5) is 10.6. The van der Waals surface area contributed by atoms with Crippen LogP contribution in [0.3, 0.4) is 0 Å². The zero-order valence-corrected chi connectivity index (χ0v) is 15.4. The Hall–Kier alpha value is -0.530. The average molecular weight is 311 g/mol. The van der Waals surface area contributed by atoms with Gasteiger partial charge in [0.05, 0.1) is 0 Å². The highest BCUT2D eigenvalue weighted by molar-refractivity contribution is 5.72. The molecule has 0 aliphatic rings. The lowest BCUT2D eigenvalue weighted by atomic mass is 10.0. The zero-order valence-electron chi connectivity index (χ0n) is 15.4. The summed E-state index contributed by atoms with van der Waals surface area (Å²) in [6.45, 7) is 4.55. The molecular formula is C20H40NO. The normalized spacial score (nSPS) is 10.8. The van der Waals surface area contributed by atoms with Crippen LogP contribution in [-0.2, 0) is 4.79 Å². The molecule has 0 unspecified atom stereocenters. The van der Waals surface area contributed by atoms with Crippen molar-refractivity contribution in [2.45, 2.75) is 117 Å². The predicted octanol–water partition coefficient (Wildman–Crippen LogP) is 6.40. The van der Waals surface area contributed by atoms with E-state index in [-0.39, 0.29) is 5.91 Å². The van der Waals surface area contributed by atoms with Crippen LogP contribution in [0.15, 0.2) is 0 Å². The van der Waals surface area contributed by atoms with E-state index in [0.29, 0.717) is 0 Å². The lowest BCUT2D eigenvalue weighted by Crippen LogP contribution is -2.12. The number of hydrogen-bond acceptors (Lipinski definition) is 1. The van der Waals surface area contributed by atoms with Crippen molar-refractivity contribution in [3.05, 3.63) is 0 Å². The third-order valence-electron chi connectivity index (χ3n) is 4.35. The fourth-order valence-electron chi connectivity index (χ4n) is 2.90. The minimum Gasteiger partial charge on any atom is -0.273 e. The van der Waals surface area contributed by atoms with Gasteiger partial charge in [-0.2, -0.15) is 0 Å². The van der Waals surface area contributed by atoms with Gasteiger partial charge in [-0.15, -0.1) is 0 Å². The standard InChI is InChI=1S/C20H40NO/c1-3-4-5-6-7-8-9-10-11-12-13-14-15-16-17-18-19-21-20(2)22/h3-19H2,1-2H3. The molecule has 0 rings (SSSR count). The third kappa shape index (κ3) is 19.5. The van der Waals surface area contributed by atoms with Crippen LogP contribution in [0.4, 0.5) is 0 Å². The van der Waals surface area contributed by atoms with Gasteiger partial charge in [0.2, 0.25) is 5.91 Å². The summed E-state index contributed by atoms with van der Waals surface area (Å²) in [5.41, 5.74) is 0. The number of carbonyl (C=O) groups is 1. The smallest absolute Gasteiger partial charge is 0.238 e. The van der Waals surface area contributed by atoms with Crippen LogP contribution >= 0.6 is 0 Å². The molecule has 0 fully saturated rings. The second-order valence-corrected chi connectivity index (χ2v) is 6.70. The van der Waals surface area contributed by atoms with Gasteiger partial charge in [-0.25, -0.2) is 0 Å². The first-order valence-corrected chi connectivity index (χ1v) is 9.95. The van der Waals surface area contributed by atoms with Gasteiger partial charge in [-0.1, -0.05) is 103 Å². The lowest BCUT2D eigenvalue weighted by molar-refractivity contribution is -0.119. The summed E-state index contributed by atoms with van der Waals surface area (Å²) in [6.07, 6.45) is 22.1. The van der Waals surface area contributed by atoms with E-state index in [1.54, 1.807) is 0 Å². The van der Waals surface area contributed by atoms with Gasteiger partial charge in [0.1, 0.15) is 0 Å². The molecule has 1 radical (unpaired) electrons. The highest BCUT2D eigenvalue weighted by atomic mass is 16.1. The van der Waals surface area contributed by atoms with Crippen molar-refractivity contribution in [3.63, 3.8) is 0 Å². The van der Waals surface area contributed by atoms with E-state index in [9.17, 15) is 4.79 Å². The number of nitrogens with zero attached hydrogens (tertiary/aromatic N) is 1. The van der Waals surface area contributed by atoms with Gasteiger partial charge in [0.15, 0.2) is 0 Å². The Balaban J connectivity index is 2.95. The van der Waals surface area contributed by atoms with Crippen LogP contribution in [0.5, 0.6) is 0 Å². The highest BCUT2D eigenvalue weighted by Gasteiger charge is 1.95. The van der Waals surface area contributed by atoms with Gasteiger partial charge >= 0.3 is 0 Å². The Kier molecular flexibility index (Phi) is 18.1. The molecule has 0 aliphatic carbocycles. The Morgan fingerprint density at radius 3 is 1.23 bits per heavy atom. The van der Waals surface area contributed by atoms with E-state index in [2.05, 4.69) is 12.2 Å². The maximum atomic E-state index is 10.6. The van der Waals surface area contributed by atoms with E-state index in [0.717, 1.165) is 13.0 Å². The summed E-state index contributed by atoms with van der Waals surface area (Å²) in [6, 6.07) is 0. The van der Waals surface area contributed by atoms with Gasteiger partial charge < -0.3 is 0 Å². The van der Waals surface area contributed by atoms with Crippen LogP contribution < -0.4 is 5.32 Å². The van der Waals surface area contributed by atoms with Crippen LogP contribution in [0, 0.1) is 0 Å². The lowest BCUT2D eigenvalue weighted by Gasteiger charge is -2.03. The quantitative estimate of drug-likeness (QED) is 0.286. The summed E-state index contributed by atoms with van der Waals surface area (Å²) in [7, 11) is 0. The Bertz CT molecular complexity index is 228. The third-order valence-corrected chi connectivity index (χ3v) is 4.35. The van der Waals surface area contributed by atoms with Crippen molar-refractivity contribution in [2.75, 3.05) is 6.54 Å². The van der Waals surface area contributed by atoms with Gasteiger partial charge in [-0.05, 0) is 6.42 Å². The molecule has 0 aromatic heterocycles. The first-order chi connectivity index (χ1) is 10.8. The molecule has 131 valence electrons. The Labute approximate surface area is 139 Å². The largest absolute Gasteiger partial charge is 0.273 e. The van der Waals surface area contributed by atoms with Crippen molar-refractivity contribution >= 4 is 5.91 Å². The van der Waals surface area contributed by atoms with Crippen LogP contribution in [-0.4, -0.2) is 12.5 Å². The molecule has 1 amide bonds. The molecule has 0 aliphatic heterocycles. The van der Waals surface area contributed by atoms with Gasteiger partial charge in [-0.3, -0.25) is 10.1 Å². The minimum atomic E-state index is -0.0269. The summed E-state index contributed by atoms with van der Waals surface area (Å²) < 4.78 is 0. The minimum absolute atomic E-state index is 0.0269. The SMILES string of the molecule is CCCCCCCCCCCCCCCCCC[N]C(C)=O. The molecule has 0 aromatic carbocycles. The number of carbonyl (C=O) groups excluding carboxylic acids is 1. The Morgan fingerprint density at radius 2 is 0.909 bits per heavy atom. The molecule has 0 N–H and O–H groups in total. The van der Waals surface area contributed by atoms with Gasteiger partial charge in [0.25, 0.3) is 0 Å². The molecule has 0 aromatic rings. The topological polar surface area (TPSA) is 31.2 Å². The summed E-state index contributed by atoms with van der Waals surface area (Å²) in [5, 5.41) is 3.89. The first kappa shape index (κ1) is 21.5. The van der Waals surface area contributed by atoms with Crippen LogP contribution in [0.2, 0.25) is 0 Å². The first-order valence-electron chi connectivity index (χ1n) is 9.95. The van der Waals surface area contributed by atoms with Crippen molar-refractivity contribution < 1.29 is 4.79 Å². The number of hydrogen-bond donors (Lipinski definition) is 0. The molecule has 0 saturated heterocycles. The monoisotopic (exact) mass is 310 g/mol. The van der Waals surface area contributed by atoms with Gasteiger partial charge in [0, 0.05) is 13.5 Å². The molecule has 0 saturated carbocycles. The molecular weight excluding hydrogens is 270 g/mol. The number of rotatable bonds is 17. The van der Waals surface area contributed by atoms with E-state index < -0.39 is 0 Å². The molecule has 22 heavy (non-hydrogen) atoms. The molecule has 2 heteroatoms. The predicted molar refractivity (Wildman–Crippen MR) is 97.2 cm³/mol. The second kappa shape index (κ2) is 18.5. The molecule has 0 bridgehead atoms. The Morgan fingerprint density at radius 1 is 0.591 bits per heavy atom. The van der Waals surface area contributed by atoms with Crippen molar-refractivity contribution in [3.8, 4) is 0 Å². The maximum Gasteiger partial charge on any atom is 0.238 e. The van der Waals surface area contributed by atoms with E-state index in [4.69, 9.17) is 0 Å². The number of amides is 1. The summed E-state index contributed by atoms with van der Waals surface area (Å²) >= 11 is 0. The summed E-state index contributed by atoms with van der Waals surface area (Å²) in [5.74, 6) is -0.0269. The van der Waals surface area contributed by atoms with E-state index >= 15 is 0 Å². The molecule has 0 heterocycles. The fraction of sp³-hybridized carbons (Fsp3) is 0.950. The van der Waals surface area contributed by atoms with Crippen molar-refractivity contribution in [1.29, 1.82) is 0 Å². The van der Waals surface area contributed by atoms with Crippen molar-refractivity contribution in [2.24, 2.45) is 0 Å². The van der Waals surface area contributed by atoms with E-state index in [1.165, 1.54) is 103 Å². The van der Waals surface area contributed by atoms with Crippen LogP contribution in [0.25, 0.3) is 0 Å². The van der Waals surface area contributed by atoms with Crippen molar-refractivity contribution in [1.82, 2.24) is 5.32 Å². The molecule has 0 atom stereocenters. The fourth-order valence-corrected chi connectivity index (χ4v) is 2.90. The zero-order chi connectivity index (χ0) is 16.3. The second-order valence-electron chi connectivity index (χ2n) is 6.70. The number of unbranched alkanes of at least 4 members (excludes halogenated alkanes) is 15. The average Bonchev–Trinajstić information content (AvgIpc) is 2.50. The van der Waals surface area contributed by atoms with Crippen LogP contribution in [0.1, 0.15) is 117 Å². The molecule has 2 nitrogen and oxygen atoms in total. The van der Waals surface area contributed by atoms with E-state index in [1.807, 2.05) is 0 Å². The molecule has 0 spiro atoms. The maximum absolute atomic E-state index is 10.6. The highest BCUT2D eigenvalue weighted by Crippen LogP contribution is 2.13.